The van der Waals surface area contributed by atoms with Crippen molar-refractivity contribution in [3.8, 4) is 0 Å². The first-order chi connectivity index (χ1) is 14.0. The van der Waals surface area contributed by atoms with Crippen molar-refractivity contribution in [2.24, 2.45) is 0 Å². The van der Waals surface area contributed by atoms with Crippen LogP contribution >= 0.6 is 11.6 Å². The molecule has 1 saturated heterocycles. The number of amides is 2. The molecule has 0 atom stereocenters. The lowest BCUT2D eigenvalue weighted by molar-refractivity contribution is -0.136. The number of rotatable bonds is 5. The van der Waals surface area contributed by atoms with E-state index < -0.39 is 11.8 Å². The fraction of sp³-hybridized carbons (Fsp3) is 0.391. The molecule has 2 amide bonds. The largest absolute Gasteiger partial charge is 0.372 e. The van der Waals surface area contributed by atoms with Crippen LogP contribution in [0.15, 0.2) is 42.5 Å². The van der Waals surface area contributed by atoms with Gasteiger partial charge in [0.1, 0.15) is 0 Å². The van der Waals surface area contributed by atoms with Crippen molar-refractivity contribution >= 4 is 34.8 Å². The lowest BCUT2D eigenvalue weighted by atomic mass is 10.1. The summed E-state index contributed by atoms with van der Waals surface area (Å²) in [6, 6.07) is 13.6. The van der Waals surface area contributed by atoms with Crippen molar-refractivity contribution in [3.63, 3.8) is 0 Å². The van der Waals surface area contributed by atoms with E-state index in [0.717, 1.165) is 24.2 Å². The van der Waals surface area contributed by atoms with Crippen LogP contribution in [0.25, 0.3) is 0 Å². The molecular formula is C23H28ClN3O2. The number of hydrogen-bond donors (Lipinski definition) is 2. The number of benzene rings is 2. The Hall–Kier alpha value is -2.53. The molecule has 154 valence electrons. The van der Waals surface area contributed by atoms with Gasteiger partial charge < -0.3 is 15.5 Å². The Bertz CT molecular complexity index is 844. The minimum absolute atomic E-state index is 0.407. The maximum atomic E-state index is 12.0. The van der Waals surface area contributed by atoms with Crippen LogP contribution in [-0.4, -0.2) is 31.4 Å². The number of carbonyl (C=O) groups is 2. The van der Waals surface area contributed by atoms with E-state index in [0.29, 0.717) is 23.7 Å². The third kappa shape index (κ3) is 6.23. The topological polar surface area (TPSA) is 61.4 Å². The molecular weight excluding hydrogens is 386 g/mol. The minimum atomic E-state index is -0.693. The first-order valence-electron chi connectivity index (χ1n) is 10.2. The SMILES string of the molecule is Cc1ccc(NC(=O)C(=O)NCCc2ccc(N3CCCCCC3)cc2)cc1Cl. The van der Waals surface area contributed by atoms with Crippen LogP contribution in [0, 0.1) is 6.92 Å². The summed E-state index contributed by atoms with van der Waals surface area (Å²) in [4.78, 5) is 26.5. The number of carbonyl (C=O) groups excluding carboxylic acids is 2. The Morgan fingerprint density at radius 2 is 1.66 bits per heavy atom. The third-order valence-electron chi connectivity index (χ3n) is 5.24. The minimum Gasteiger partial charge on any atom is -0.372 e. The van der Waals surface area contributed by atoms with Crippen molar-refractivity contribution in [1.29, 1.82) is 0 Å². The fourth-order valence-electron chi connectivity index (χ4n) is 3.46. The molecule has 0 radical (unpaired) electrons. The van der Waals surface area contributed by atoms with Gasteiger partial charge in [-0.25, -0.2) is 0 Å². The second-order valence-corrected chi connectivity index (χ2v) is 7.90. The number of aryl methyl sites for hydroxylation is 1. The van der Waals surface area contributed by atoms with E-state index in [-0.39, 0.29) is 0 Å². The molecule has 2 N–H and O–H groups in total. The van der Waals surface area contributed by atoms with Gasteiger partial charge >= 0.3 is 11.8 Å². The Morgan fingerprint density at radius 1 is 0.966 bits per heavy atom. The summed E-state index contributed by atoms with van der Waals surface area (Å²) in [6.07, 6.45) is 5.82. The van der Waals surface area contributed by atoms with Gasteiger partial charge in [0, 0.05) is 36.0 Å². The summed E-state index contributed by atoms with van der Waals surface area (Å²) in [5, 5.41) is 5.78. The number of nitrogens with zero attached hydrogens (tertiary/aromatic N) is 1. The van der Waals surface area contributed by atoms with E-state index in [1.807, 2.05) is 6.92 Å². The lowest BCUT2D eigenvalue weighted by Crippen LogP contribution is -2.36. The van der Waals surface area contributed by atoms with Crippen LogP contribution in [0.3, 0.4) is 0 Å². The normalized spacial score (nSPS) is 14.2. The van der Waals surface area contributed by atoms with E-state index in [4.69, 9.17) is 11.6 Å². The highest BCUT2D eigenvalue weighted by molar-refractivity contribution is 6.39. The number of hydrogen-bond acceptors (Lipinski definition) is 3. The van der Waals surface area contributed by atoms with Crippen LogP contribution in [0.2, 0.25) is 5.02 Å². The van der Waals surface area contributed by atoms with E-state index in [1.54, 1.807) is 18.2 Å². The maximum Gasteiger partial charge on any atom is 0.313 e. The quantitative estimate of drug-likeness (QED) is 0.717. The smallest absolute Gasteiger partial charge is 0.313 e. The number of anilines is 2. The van der Waals surface area contributed by atoms with Crippen LogP contribution in [0.5, 0.6) is 0 Å². The molecule has 0 unspecified atom stereocenters. The van der Waals surface area contributed by atoms with Crippen molar-refractivity contribution in [1.82, 2.24) is 5.32 Å². The van der Waals surface area contributed by atoms with Gasteiger partial charge in [0.2, 0.25) is 0 Å². The Morgan fingerprint density at radius 3 is 2.31 bits per heavy atom. The average Bonchev–Trinajstić information content (AvgIpc) is 3.01. The summed E-state index contributed by atoms with van der Waals surface area (Å²) in [6.45, 7) is 4.53. The molecule has 5 nitrogen and oxygen atoms in total. The highest BCUT2D eigenvalue weighted by atomic mass is 35.5. The molecule has 2 aromatic rings. The Labute approximate surface area is 177 Å². The predicted molar refractivity (Wildman–Crippen MR) is 119 cm³/mol. The summed E-state index contributed by atoms with van der Waals surface area (Å²) >= 11 is 6.04. The molecule has 2 aromatic carbocycles. The van der Waals surface area contributed by atoms with Gasteiger partial charge in [-0.3, -0.25) is 9.59 Å². The lowest BCUT2D eigenvalue weighted by Gasteiger charge is -2.22. The molecule has 29 heavy (non-hydrogen) atoms. The standard InChI is InChI=1S/C23H28ClN3O2/c1-17-6-9-19(16-21(17)24)26-23(29)22(28)25-13-12-18-7-10-20(11-8-18)27-14-4-2-3-5-15-27/h6-11,16H,2-5,12-15H2,1H3,(H,25,28)(H,26,29). The zero-order chi connectivity index (χ0) is 20.6. The highest BCUT2D eigenvalue weighted by Crippen LogP contribution is 2.21. The maximum absolute atomic E-state index is 12.0. The van der Waals surface area contributed by atoms with E-state index in [2.05, 4.69) is 39.8 Å². The second-order valence-electron chi connectivity index (χ2n) is 7.49. The van der Waals surface area contributed by atoms with Crippen molar-refractivity contribution in [2.45, 2.75) is 39.0 Å². The fourth-order valence-corrected chi connectivity index (χ4v) is 3.64. The van der Waals surface area contributed by atoms with Gasteiger partial charge in [-0.15, -0.1) is 0 Å². The van der Waals surface area contributed by atoms with Gasteiger partial charge in [-0.1, -0.05) is 42.6 Å². The number of nitrogens with one attached hydrogen (secondary N) is 2. The summed E-state index contributed by atoms with van der Waals surface area (Å²) in [5.74, 6) is -1.34. The van der Waals surface area contributed by atoms with Gasteiger partial charge in [0.15, 0.2) is 0 Å². The molecule has 1 fully saturated rings. The number of halogens is 1. The first-order valence-corrected chi connectivity index (χ1v) is 10.6. The van der Waals surface area contributed by atoms with Gasteiger partial charge in [-0.05, 0) is 61.6 Å². The molecule has 1 heterocycles. The van der Waals surface area contributed by atoms with E-state index >= 15 is 0 Å². The molecule has 1 aliphatic rings. The molecule has 3 rings (SSSR count). The zero-order valence-electron chi connectivity index (χ0n) is 16.8. The van der Waals surface area contributed by atoms with Crippen molar-refractivity contribution < 1.29 is 9.59 Å². The molecule has 1 aliphatic heterocycles. The van der Waals surface area contributed by atoms with Crippen molar-refractivity contribution in [2.75, 3.05) is 29.9 Å². The Balaban J connectivity index is 1.44. The van der Waals surface area contributed by atoms with E-state index in [9.17, 15) is 9.59 Å². The monoisotopic (exact) mass is 413 g/mol. The summed E-state index contributed by atoms with van der Waals surface area (Å²) in [7, 11) is 0. The average molecular weight is 414 g/mol. The van der Waals surface area contributed by atoms with Crippen LogP contribution in [-0.2, 0) is 16.0 Å². The Kier molecular flexibility index (Phi) is 7.53. The predicted octanol–water partition coefficient (Wildman–Crippen LogP) is 4.33. The van der Waals surface area contributed by atoms with Gasteiger partial charge in [0.05, 0.1) is 0 Å². The second kappa shape index (κ2) is 10.3. The molecule has 0 aliphatic carbocycles. The van der Waals surface area contributed by atoms with E-state index in [1.165, 1.54) is 31.4 Å². The molecule has 6 heteroatoms. The van der Waals surface area contributed by atoms with Crippen LogP contribution in [0.4, 0.5) is 11.4 Å². The summed E-state index contributed by atoms with van der Waals surface area (Å²) in [5.41, 5.74) is 3.81. The van der Waals surface area contributed by atoms with Crippen molar-refractivity contribution in [3.05, 3.63) is 58.6 Å². The van der Waals surface area contributed by atoms with Crippen LogP contribution in [0.1, 0.15) is 36.8 Å². The van der Waals surface area contributed by atoms with Gasteiger partial charge in [0.25, 0.3) is 0 Å². The van der Waals surface area contributed by atoms with Crippen LogP contribution < -0.4 is 15.5 Å². The molecule has 0 spiro atoms. The third-order valence-corrected chi connectivity index (χ3v) is 5.65. The molecule has 0 bridgehead atoms. The van der Waals surface area contributed by atoms with Gasteiger partial charge in [-0.2, -0.15) is 0 Å². The summed E-state index contributed by atoms with van der Waals surface area (Å²) < 4.78 is 0. The molecule has 0 saturated carbocycles. The zero-order valence-corrected chi connectivity index (χ0v) is 17.6. The molecule has 0 aromatic heterocycles. The first kappa shape index (κ1) is 21.2. The highest BCUT2D eigenvalue weighted by Gasteiger charge is 2.14.